The van der Waals surface area contributed by atoms with Gasteiger partial charge in [0.15, 0.2) is 5.13 Å². The number of para-hydroxylation sites is 1. The molecule has 1 aromatic heterocycles. The van der Waals surface area contributed by atoms with Crippen molar-refractivity contribution >= 4 is 22.4 Å². The number of hydrogen-bond donors (Lipinski definition) is 1. The fourth-order valence-corrected chi connectivity index (χ4v) is 3.35. The summed E-state index contributed by atoms with van der Waals surface area (Å²) in [5, 5.41) is 3.50. The number of ether oxygens (including phenoxy) is 1. The molecule has 0 saturated heterocycles. The van der Waals surface area contributed by atoms with Crippen molar-refractivity contribution in [3.05, 3.63) is 65.0 Å². The van der Waals surface area contributed by atoms with Crippen molar-refractivity contribution in [2.45, 2.75) is 13.3 Å². The lowest BCUT2D eigenvalue weighted by Crippen LogP contribution is -2.14. The largest absolute Gasteiger partial charge is 0.496 e. The Morgan fingerprint density at radius 3 is 2.58 bits per heavy atom. The van der Waals surface area contributed by atoms with Gasteiger partial charge in [-0.05, 0) is 13.0 Å². The maximum Gasteiger partial charge on any atom is 0.230 e. The fraction of sp³-hybridized carbons (Fsp3) is 0.158. The Hall–Kier alpha value is -2.66. The van der Waals surface area contributed by atoms with Crippen molar-refractivity contribution in [3.8, 4) is 17.0 Å². The lowest BCUT2D eigenvalue weighted by molar-refractivity contribution is -0.115. The van der Waals surface area contributed by atoms with Crippen LogP contribution in [-0.2, 0) is 11.2 Å². The highest BCUT2D eigenvalue weighted by molar-refractivity contribution is 7.16. The van der Waals surface area contributed by atoms with E-state index in [9.17, 15) is 4.79 Å². The minimum Gasteiger partial charge on any atom is -0.496 e. The molecule has 0 saturated carbocycles. The first kappa shape index (κ1) is 16.2. The van der Waals surface area contributed by atoms with E-state index in [1.165, 1.54) is 11.3 Å². The van der Waals surface area contributed by atoms with Crippen molar-refractivity contribution in [2.75, 3.05) is 12.4 Å². The third-order valence-corrected chi connectivity index (χ3v) is 4.52. The second-order valence-corrected chi connectivity index (χ2v) is 6.53. The number of rotatable bonds is 5. The maximum atomic E-state index is 12.3. The number of anilines is 1. The smallest absolute Gasteiger partial charge is 0.230 e. The Morgan fingerprint density at radius 2 is 1.83 bits per heavy atom. The molecule has 0 radical (unpaired) electrons. The van der Waals surface area contributed by atoms with E-state index in [1.807, 2.05) is 61.5 Å². The number of carbonyl (C=O) groups excluding carboxylic acids is 1. The van der Waals surface area contributed by atoms with Gasteiger partial charge in [-0.25, -0.2) is 4.98 Å². The van der Waals surface area contributed by atoms with Crippen LogP contribution in [0.4, 0.5) is 5.13 Å². The van der Waals surface area contributed by atoms with Crippen molar-refractivity contribution < 1.29 is 9.53 Å². The van der Waals surface area contributed by atoms with Gasteiger partial charge in [0, 0.05) is 16.0 Å². The second kappa shape index (κ2) is 7.27. The van der Waals surface area contributed by atoms with Gasteiger partial charge in [0.2, 0.25) is 5.91 Å². The van der Waals surface area contributed by atoms with E-state index in [2.05, 4.69) is 10.3 Å². The van der Waals surface area contributed by atoms with Gasteiger partial charge in [-0.1, -0.05) is 48.5 Å². The van der Waals surface area contributed by atoms with Crippen LogP contribution in [-0.4, -0.2) is 18.0 Å². The number of aryl methyl sites for hydroxylation is 1. The Bertz CT molecular complexity index is 844. The van der Waals surface area contributed by atoms with E-state index >= 15 is 0 Å². The first-order valence-corrected chi connectivity index (χ1v) is 8.43. The van der Waals surface area contributed by atoms with Gasteiger partial charge in [-0.15, -0.1) is 11.3 Å². The molecule has 0 fully saturated rings. The SMILES string of the molecule is COc1ccccc1CC(=O)Nc1nc(-c2ccccc2)c(C)s1. The second-order valence-electron chi connectivity index (χ2n) is 5.33. The first-order chi connectivity index (χ1) is 11.7. The molecule has 1 heterocycles. The van der Waals surface area contributed by atoms with Crippen LogP contribution >= 0.6 is 11.3 Å². The Labute approximate surface area is 145 Å². The summed E-state index contributed by atoms with van der Waals surface area (Å²) in [5.74, 6) is 0.612. The van der Waals surface area contributed by atoms with Gasteiger partial charge in [0.25, 0.3) is 0 Å². The summed E-state index contributed by atoms with van der Waals surface area (Å²) < 4.78 is 5.28. The molecular weight excluding hydrogens is 320 g/mol. The summed E-state index contributed by atoms with van der Waals surface area (Å²) in [5.41, 5.74) is 2.82. The number of methoxy groups -OCH3 is 1. The zero-order chi connectivity index (χ0) is 16.9. The molecule has 2 aromatic carbocycles. The van der Waals surface area contributed by atoms with Gasteiger partial charge in [0.05, 0.1) is 19.2 Å². The highest BCUT2D eigenvalue weighted by Gasteiger charge is 2.13. The third-order valence-electron chi connectivity index (χ3n) is 3.63. The van der Waals surface area contributed by atoms with Crippen molar-refractivity contribution in [2.24, 2.45) is 0 Å². The molecule has 0 aliphatic heterocycles. The van der Waals surface area contributed by atoms with Crippen LogP contribution in [0.2, 0.25) is 0 Å². The van der Waals surface area contributed by atoms with Gasteiger partial charge in [0.1, 0.15) is 5.75 Å². The average molecular weight is 338 g/mol. The van der Waals surface area contributed by atoms with Crippen LogP contribution in [0.5, 0.6) is 5.75 Å². The van der Waals surface area contributed by atoms with Crippen molar-refractivity contribution in [3.63, 3.8) is 0 Å². The summed E-state index contributed by atoms with van der Waals surface area (Å²) in [6.07, 6.45) is 0.253. The Morgan fingerprint density at radius 1 is 1.12 bits per heavy atom. The number of nitrogens with one attached hydrogen (secondary N) is 1. The van der Waals surface area contributed by atoms with E-state index in [4.69, 9.17) is 4.74 Å². The van der Waals surface area contributed by atoms with E-state index in [0.29, 0.717) is 10.9 Å². The predicted molar refractivity (Wildman–Crippen MR) is 97.6 cm³/mol. The fourth-order valence-electron chi connectivity index (χ4n) is 2.50. The zero-order valence-corrected chi connectivity index (χ0v) is 14.4. The monoisotopic (exact) mass is 338 g/mol. The number of amides is 1. The number of benzene rings is 2. The van der Waals surface area contributed by atoms with E-state index in [1.54, 1.807) is 7.11 Å². The first-order valence-electron chi connectivity index (χ1n) is 7.62. The maximum absolute atomic E-state index is 12.3. The van der Waals surface area contributed by atoms with Crippen LogP contribution in [0.1, 0.15) is 10.4 Å². The van der Waals surface area contributed by atoms with E-state index in [0.717, 1.165) is 21.7 Å². The van der Waals surface area contributed by atoms with Crippen LogP contribution in [0, 0.1) is 6.92 Å². The topological polar surface area (TPSA) is 51.2 Å². The highest BCUT2D eigenvalue weighted by atomic mass is 32.1. The molecule has 3 rings (SSSR count). The molecule has 5 heteroatoms. The molecular formula is C19H18N2O2S. The molecule has 0 aliphatic carbocycles. The van der Waals surface area contributed by atoms with Gasteiger partial charge < -0.3 is 10.1 Å². The molecule has 24 heavy (non-hydrogen) atoms. The quantitative estimate of drug-likeness (QED) is 0.754. The van der Waals surface area contributed by atoms with Crippen molar-refractivity contribution in [1.82, 2.24) is 4.98 Å². The number of nitrogens with zero attached hydrogens (tertiary/aromatic N) is 1. The van der Waals surface area contributed by atoms with Crippen LogP contribution < -0.4 is 10.1 Å². The molecule has 0 atom stereocenters. The van der Waals surface area contributed by atoms with E-state index < -0.39 is 0 Å². The van der Waals surface area contributed by atoms with E-state index in [-0.39, 0.29) is 12.3 Å². The zero-order valence-electron chi connectivity index (χ0n) is 13.6. The summed E-state index contributed by atoms with van der Waals surface area (Å²) in [7, 11) is 1.60. The summed E-state index contributed by atoms with van der Waals surface area (Å²) in [4.78, 5) is 17.9. The summed E-state index contributed by atoms with van der Waals surface area (Å²) >= 11 is 1.48. The van der Waals surface area contributed by atoms with Gasteiger partial charge in [-0.3, -0.25) is 4.79 Å². The normalized spacial score (nSPS) is 10.4. The minimum atomic E-state index is -0.104. The van der Waals surface area contributed by atoms with Crippen LogP contribution in [0.25, 0.3) is 11.3 Å². The summed E-state index contributed by atoms with van der Waals surface area (Å²) in [6.45, 7) is 2.01. The lowest BCUT2D eigenvalue weighted by atomic mass is 10.1. The predicted octanol–water partition coefficient (Wildman–Crippen LogP) is 4.31. The highest BCUT2D eigenvalue weighted by Crippen LogP contribution is 2.30. The van der Waals surface area contributed by atoms with Crippen LogP contribution in [0.15, 0.2) is 54.6 Å². The van der Waals surface area contributed by atoms with Crippen LogP contribution in [0.3, 0.4) is 0 Å². The molecule has 1 N–H and O–H groups in total. The summed E-state index contributed by atoms with van der Waals surface area (Å²) in [6, 6.07) is 17.5. The molecule has 122 valence electrons. The van der Waals surface area contributed by atoms with Gasteiger partial charge >= 0.3 is 0 Å². The molecule has 0 spiro atoms. The molecule has 3 aromatic rings. The van der Waals surface area contributed by atoms with Crippen molar-refractivity contribution in [1.29, 1.82) is 0 Å². The standard InChI is InChI=1S/C19H18N2O2S/c1-13-18(14-8-4-3-5-9-14)21-19(24-13)20-17(22)12-15-10-6-7-11-16(15)23-2/h3-11H,12H2,1-2H3,(H,20,21,22). The Kier molecular flexibility index (Phi) is 4.91. The molecule has 0 bridgehead atoms. The molecule has 4 nitrogen and oxygen atoms in total. The number of hydrogen-bond acceptors (Lipinski definition) is 4. The number of thiazole rings is 1. The molecule has 0 unspecified atom stereocenters. The minimum absolute atomic E-state index is 0.104. The average Bonchev–Trinajstić information content (AvgIpc) is 2.96. The molecule has 0 aliphatic rings. The number of carbonyl (C=O) groups is 1. The number of aromatic nitrogens is 1. The lowest BCUT2D eigenvalue weighted by Gasteiger charge is -2.07. The third kappa shape index (κ3) is 3.63. The Balaban J connectivity index is 1.74. The molecule has 1 amide bonds. The van der Waals surface area contributed by atoms with Gasteiger partial charge in [-0.2, -0.15) is 0 Å².